The number of hydrogen-bond donors (Lipinski definition) is 1. The zero-order valence-electron chi connectivity index (χ0n) is 11.2. The number of carbonyl (C=O) groups is 1. The Hall–Kier alpha value is -1.25. The summed E-state index contributed by atoms with van der Waals surface area (Å²) in [5.74, 6) is 1.05. The second-order valence-electron chi connectivity index (χ2n) is 5.13. The van der Waals surface area contributed by atoms with Crippen molar-refractivity contribution in [1.82, 2.24) is 5.32 Å². The van der Waals surface area contributed by atoms with Crippen LogP contribution in [0.25, 0.3) is 0 Å². The minimum atomic E-state index is -0.107. The van der Waals surface area contributed by atoms with E-state index in [1.165, 1.54) is 6.42 Å². The molecule has 1 unspecified atom stereocenters. The summed E-state index contributed by atoms with van der Waals surface area (Å²) in [6.07, 6.45) is 4.92. The molecule has 3 nitrogen and oxygen atoms in total. The average molecular weight is 237 g/mol. The molecule has 17 heavy (non-hydrogen) atoms. The monoisotopic (exact) mass is 237 g/mol. The van der Waals surface area contributed by atoms with Crippen LogP contribution in [0.5, 0.6) is 0 Å². The summed E-state index contributed by atoms with van der Waals surface area (Å²) in [6, 6.07) is 2.00. The molecular formula is C14H23NO2. The Morgan fingerprint density at radius 1 is 1.35 bits per heavy atom. The van der Waals surface area contributed by atoms with Crippen LogP contribution in [0.1, 0.15) is 56.2 Å². The Bertz CT molecular complexity index is 355. The van der Waals surface area contributed by atoms with Crippen LogP contribution in [0.4, 0.5) is 0 Å². The fraction of sp³-hybridized carbons (Fsp3) is 0.643. The first-order valence-corrected chi connectivity index (χ1v) is 6.35. The molecule has 0 aromatic carbocycles. The summed E-state index contributed by atoms with van der Waals surface area (Å²) in [6.45, 7) is 8.35. The third-order valence-corrected chi connectivity index (χ3v) is 2.86. The highest BCUT2D eigenvalue weighted by atomic mass is 16.3. The first-order chi connectivity index (χ1) is 8.00. The molecule has 1 heterocycles. The predicted octanol–water partition coefficient (Wildman–Crippen LogP) is 3.53. The van der Waals surface area contributed by atoms with E-state index in [1.54, 1.807) is 12.3 Å². The van der Waals surface area contributed by atoms with Gasteiger partial charge in [-0.1, -0.05) is 26.7 Å². The molecule has 0 spiro atoms. The number of nitrogens with one attached hydrogen (secondary N) is 1. The summed E-state index contributed by atoms with van der Waals surface area (Å²) in [5.41, 5.74) is 0.886. The van der Waals surface area contributed by atoms with Crippen molar-refractivity contribution in [2.75, 3.05) is 0 Å². The molecule has 1 N–H and O–H groups in total. The van der Waals surface area contributed by atoms with Crippen LogP contribution in [-0.4, -0.2) is 11.9 Å². The summed E-state index contributed by atoms with van der Waals surface area (Å²) < 4.78 is 5.16. The first kappa shape index (κ1) is 13.8. The van der Waals surface area contributed by atoms with Crippen LogP contribution in [-0.2, 0) is 0 Å². The van der Waals surface area contributed by atoms with E-state index in [9.17, 15) is 4.79 Å². The quantitative estimate of drug-likeness (QED) is 0.822. The lowest BCUT2D eigenvalue weighted by atomic mass is 10.0. The average Bonchev–Trinajstić information content (AvgIpc) is 2.63. The van der Waals surface area contributed by atoms with Crippen LogP contribution in [0.15, 0.2) is 16.7 Å². The number of rotatable bonds is 6. The normalized spacial score (nSPS) is 12.8. The molecule has 1 rings (SSSR count). The lowest BCUT2D eigenvalue weighted by Gasteiger charge is -2.13. The highest BCUT2D eigenvalue weighted by Gasteiger charge is 2.14. The van der Waals surface area contributed by atoms with Crippen LogP contribution >= 0.6 is 0 Å². The van der Waals surface area contributed by atoms with Crippen LogP contribution in [0, 0.1) is 12.8 Å². The Kier molecular flexibility index (Phi) is 5.26. The van der Waals surface area contributed by atoms with Crippen molar-refractivity contribution in [3.8, 4) is 0 Å². The molecule has 0 saturated heterocycles. The second kappa shape index (κ2) is 6.48. The van der Waals surface area contributed by atoms with E-state index < -0.39 is 0 Å². The Balaban J connectivity index is 2.34. The van der Waals surface area contributed by atoms with Crippen molar-refractivity contribution in [2.45, 2.75) is 53.0 Å². The van der Waals surface area contributed by atoms with Gasteiger partial charge in [0, 0.05) is 11.6 Å². The van der Waals surface area contributed by atoms with Crippen molar-refractivity contribution in [2.24, 2.45) is 5.92 Å². The van der Waals surface area contributed by atoms with Gasteiger partial charge in [-0.05, 0) is 32.3 Å². The molecule has 0 fully saturated rings. The fourth-order valence-electron chi connectivity index (χ4n) is 1.80. The van der Waals surface area contributed by atoms with Crippen LogP contribution < -0.4 is 5.32 Å². The van der Waals surface area contributed by atoms with Crippen molar-refractivity contribution in [3.63, 3.8) is 0 Å². The van der Waals surface area contributed by atoms with Crippen molar-refractivity contribution in [3.05, 3.63) is 23.7 Å². The number of hydrogen-bond acceptors (Lipinski definition) is 2. The van der Waals surface area contributed by atoms with Crippen molar-refractivity contribution >= 4 is 5.91 Å². The van der Waals surface area contributed by atoms with Gasteiger partial charge in [-0.2, -0.15) is 0 Å². The zero-order chi connectivity index (χ0) is 12.8. The highest BCUT2D eigenvalue weighted by molar-refractivity contribution is 5.92. The molecule has 0 aliphatic carbocycles. The molecule has 0 saturated carbocycles. The predicted molar refractivity (Wildman–Crippen MR) is 69.1 cm³/mol. The van der Waals surface area contributed by atoms with E-state index in [2.05, 4.69) is 19.2 Å². The van der Waals surface area contributed by atoms with Gasteiger partial charge in [-0.15, -0.1) is 0 Å². The van der Waals surface area contributed by atoms with E-state index in [-0.39, 0.29) is 11.9 Å². The number of furan rings is 1. The topological polar surface area (TPSA) is 42.2 Å². The third-order valence-electron chi connectivity index (χ3n) is 2.86. The Labute approximate surface area is 104 Å². The molecule has 1 atom stereocenters. The SMILES string of the molecule is Cc1ccoc1C(=O)NC(C)CCCC(C)C. The standard InChI is InChI=1S/C14H23NO2/c1-10(2)6-5-7-12(4)15-14(16)13-11(3)8-9-17-13/h8-10,12H,5-7H2,1-4H3,(H,15,16). The summed E-state index contributed by atoms with van der Waals surface area (Å²) in [7, 11) is 0. The summed E-state index contributed by atoms with van der Waals surface area (Å²) in [5, 5.41) is 2.96. The lowest BCUT2D eigenvalue weighted by Crippen LogP contribution is -2.32. The van der Waals surface area contributed by atoms with Gasteiger partial charge in [0.15, 0.2) is 5.76 Å². The van der Waals surface area contributed by atoms with Gasteiger partial charge in [0.05, 0.1) is 6.26 Å². The third kappa shape index (κ3) is 4.63. The molecule has 1 amide bonds. The van der Waals surface area contributed by atoms with E-state index in [0.29, 0.717) is 5.76 Å². The number of aryl methyl sites for hydroxylation is 1. The minimum absolute atomic E-state index is 0.107. The maximum atomic E-state index is 11.8. The van der Waals surface area contributed by atoms with Gasteiger partial charge < -0.3 is 9.73 Å². The molecule has 0 bridgehead atoms. The molecule has 96 valence electrons. The second-order valence-corrected chi connectivity index (χ2v) is 5.13. The number of carbonyl (C=O) groups excluding carboxylic acids is 1. The van der Waals surface area contributed by atoms with E-state index in [1.807, 2.05) is 13.8 Å². The molecular weight excluding hydrogens is 214 g/mol. The minimum Gasteiger partial charge on any atom is -0.459 e. The smallest absolute Gasteiger partial charge is 0.287 e. The maximum absolute atomic E-state index is 11.8. The van der Waals surface area contributed by atoms with Crippen molar-refractivity contribution < 1.29 is 9.21 Å². The van der Waals surface area contributed by atoms with Gasteiger partial charge in [0.2, 0.25) is 0 Å². The highest BCUT2D eigenvalue weighted by Crippen LogP contribution is 2.11. The summed E-state index contributed by atoms with van der Waals surface area (Å²) in [4.78, 5) is 11.8. The van der Waals surface area contributed by atoms with Crippen LogP contribution in [0.3, 0.4) is 0 Å². The van der Waals surface area contributed by atoms with Gasteiger partial charge in [-0.25, -0.2) is 0 Å². The van der Waals surface area contributed by atoms with E-state index in [4.69, 9.17) is 4.42 Å². The molecule has 0 radical (unpaired) electrons. The lowest BCUT2D eigenvalue weighted by molar-refractivity contribution is 0.0909. The number of amides is 1. The zero-order valence-corrected chi connectivity index (χ0v) is 11.2. The molecule has 1 aromatic heterocycles. The van der Waals surface area contributed by atoms with E-state index >= 15 is 0 Å². The van der Waals surface area contributed by atoms with Gasteiger partial charge in [-0.3, -0.25) is 4.79 Å². The summed E-state index contributed by atoms with van der Waals surface area (Å²) >= 11 is 0. The molecule has 0 aliphatic heterocycles. The van der Waals surface area contributed by atoms with Crippen LogP contribution in [0.2, 0.25) is 0 Å². The Morgan fingerprint density at radius 2 is 2.06 bits per heavy atom. The van der Waals surface area contributed by atoms with Gasteiger partial charge in [0.25, 0.3) is 5.91 Å². The first-order valence-electron chi connectivity index (χ1n) is 6.35. The fourth-order valence-corrected chi connectivity index (χ4v) is 1.80. The van der Waals surface area contributed by atoms with Gasteiger partial charge in [0.1, 0.15) is 0 Å². The van der Waals surface area contributed by atoms with E-state index in [0.717, 1.165) is 24.3 Å². The van der Waals surface area contributed by atoms with Crippen molar-refractivity contribution in [1.29, 1.82) is 0 Å². The Morgan fingerprint density at radius 3 is 2.59 bits per heavy atom. The largest absolute Gasteiger partial charge is 0.459 e. The van der Waals surface area contributed by atoms with Gasteiger partial charge >= 0.3 is 0 Å². The molecule has 3 heteroatoms. The maximum Gasteiger partial charge on any atom is 0.287 e. The molecule has 0 aliphatic rings. The molecule has 1 aromatic rings.